The molecule has 0 atom stereocenters. The monoisotopic (exact) mass is 257 g/mol. The van der Waals surface area contributed by atoms with Gasteiger partial charge in [-0.3, -0.25) is 0 Å². The maximum absolute atomic E-state index is 10.7. The number of alkyl carbamates (subject to hydrolysis) is 1. The molecule has 0 aliphatic carbocycles. The summed E-state index contributed by atoms with van der Waals surface area (Å²) in [6.07, 6.45) is 9.71. The molecule has 0 heterocycles. The quantitative estimate of drug-likeness (QED) is 0.577. The maximum Gasteiger partial charge on any atom is 0.406 e. The number of hydrogen-bond donors (Lipinski definition) is 1. The molecule has 4 heteroatoms. The van der Waals surface area contributed by atoms with Crippen molar-refractivity contribution in [3.8, 4) is 0 Å². The molecule has 0 aromatic heterocycles. The van der Waals surface area contributed by atoms with Crippen LogP contribution in [0.25, 0.3) is 0 Å². The molecular weight excluding hydrogens is 230 g/mol. The van der Waals surface area contributed by atoms with Crippen molar-refractivity contribution in [3.05, 3.63) is 0 Å². The number of methoxy groups -OCH3 is 1. The number of carbonyl (C=O) groups excluding carboxylic acids is 2. The predicted octanol–water partition coefficient (Wildman–Crippen LogP) is 3.44. The van der Waals surface area contributed by atoms with Gasteiger partial charge in [0.15, 0.2) is 0 Å². The van der Waals surface area contributed by atoms with E-state index in [-0.39, 0.29) is 6.09 Å². The Balaban J connectivity index is 3.03. The third-order valence-electron chi connectivity index (χ3n) is 2.91. The van der Waals surface area contributed by atoms with Crippen LogP contribution in [0.5, 0.6) is 0 Å². The smallest absolute Gasteiger partial charge is 0.406 e. The Morgan fingerprint density at radius 3 is 1.89 bits per heavy atom. The molecule has 0 fully saturated rings. The fourth-order valence-corrected chi connectivity index (χ4v) is 1.82. The molecule has 0 aliphatic heterocycles. The highest BCUT2D eigenvalue weighted by atomic mass is 16.5. The minimum absolute atomic E-state index is 0.299. The average molecular weight is 257 g/mol. The summed E-state index contributed by atoms with van der Waals surface area (Å²) in [5.41, 5.74) is 0. The topological polar surface area (TPSA) is 55.4 Å². The summed E-state index contributed by atoms with van der Waals surface area (Å²) < 4.78 is 4.48. The first-order valence-corrected chi connectivity index (χ1v) is 6.98. The van der Waals surface area contributed by atoms with Crippen molar-refractivity contribution >= 4 is 11.9 Å². The number of unbranched alkanes of at least 4 members (excludes halogenated alkanes) is 7. The SMILES string of the molecule is COC(=O)NCCCCCCCCCCC(C)=O. The molecule has 18 heavy (non-hydrogen) atoms. The van der Waals surface area contributed by atoms with Crippen LogP contribution < -0.4 is 5.32 Å². The van der Waals surface area contributed by atoms with Gasteiger partial charge in [0.05, 0.1) is 7.11 Å². The van der Waals surface area contributed by atoms with Gasteiger partial charge >= 0.3 is 6.09 Å². The lowest BCUT2D eigenvalue weighted by molar-refractivity contribution is -0.117. The molecular formula is C14H27NO3. The van der Waals surface area contributed by atoms with Crippen molar-refractivity contribution < 1.29 is 14.3 Å². The Morgan fingerprint density at radius 1 is 0.889 bits per heavy atom. The molecule has 0 aliphatic rings. The number of Topliss-reactive ketones (excluding diaryl/α,β-unsaturated/α-hetero) is 1. The van der Waals surface area contributed by atoms with Gasteiger partial charge in [0.25, 0.3) is 0 Å². The second kappa shape index (κ2) is 12.4. The first-order chi connectivity index (χ1) is 8.66. The number of ketones is 1. The Labute approximate surface area is 110 Å². The highest BCUT2D eigenvalue weighted by molar-refractivity contribution is 5.75. The Hall–Kier alpha value is -1.06. The minimum atomic E-state index is -0.347. The zero-order valence-electron chi connectivity index (χ0n) is 11.8. The second-order valence-electron chi connectivity index (χ2n) is 4.70. The van der Waals surface area contributed by atoms with E-state index in [1.54, 1.807) is 6.92 Å². The van der Waals surface area contributed by atoms with Crippen LogP contribution in [-0.2, 0) is 9.53 Å². The van der Waals surface area contributed by atoms with Crippen molar-refractivity contribution in [2.24, 2.45) is 0 Å². The van der Waals surface area contributed by atoms with E-state index in [2.05, 4.69) is 10.1 Å². The highest BCUT2D eigenvalue weighted by Crippen LogP contribution is 2.09. The van der Waals surface area contributed by atoms with Gasteiger partial charge in [-0.25, -0.2) is 4.79 Å². The number of carbonyl (C=O) groups is 2. The van der Waals surface area contributed by atoms with Crippen LogP contribution in [0.2, 0.25) is 0 Å². The van der Waals surface area contributed by atoms with Crippen LogP contribution in [0.4, 0.5) is 4.79 Å². The lowest BCUT2D eigenvalue weighted by Crippen LogP contribution is -2.23. The fourth-order valence-electron chi connectivity index (χ4n) is 1.82. The molecule has 1 N–H and O–H groups in total. The van der Waals surface area contributed by atoms with E-state index in [1.807, 2.05) is 0 Å². The number of rotatable bonds is 11. The van der Waals surface area contributed by atoms with Crippen molar-refractivity contribution in [1.29, 1.82) is 0 Å². The molecule has 0 unspecified atom stereocenters. The first-order valence-electron chi connectivity index (χ1n) is 6.98. The third-order valence-corrected chi connectivity index (χ3v) is 2.91. The summed E-state index contributed by atoms with van der Waals surface area (Å²) in [6.45, 7) is 2.35. The maximum atomic E-state index is 10.7. The average Bonchev–Trinajstić information content (AvgIpc) is 2.35. The largest absolute Gasteiger partial charge is 0.453 e. The summed E-state index contributed by atoms with van der Waals surface area (Å²) in [5, 5.41) is 2.67. The molecule has 4 nitrogen and oxygen atoms in total. The summed E-state index contributed by atoms with van der Waals surface area (Å²) in [4.78, 5) is 21.4. The van der Waals surface area contributed by atoms with Gasteiger partial charge in [0.1, 0.15) is 5.78 Å². The molecule has 0 saturated carbocycles. The second-order valence-corrected chi connectivity index (χ2v) is 4.70. The van der Waals surface area contributed by atoms with Gasteiger partial charge in [-0.15, -0.1) is 0 Å². The van der Waals surface area contributed by atoms with Crippen LogP contribution >= 0.6 is 0 Å². The van der Waals surface area contributed by atoms with Gasteiger partial charge in [-0.2, -0.15) is 0 Å². The highest BCUT2D eigenvalue weighted by Gasteiger charge is 1.97. The summed E-state index contributed by atoms with van der Waals surface area (Å²) in [7, 11) is 1.38. The number of nitrogens with one attached hydrogen (secondary N) is 1. The lowest BCUT2D eigenvalue weighted by Gasteiger charge is -2.03. The van der Waals surface area contributed by atoms with Crippen molar-refractivity contribution in [2.45, 2.75) is 64.7 Å². The molecule has 106 valence electrons. The molecule has 0 aromatic rings. The zero-order chi connectivity index (χ0) is 13.6. The molecule has 0 radical (unpaired) electrons. The van der Waals surface area contributed by atoms with E-state index in [4.69, 9.17) is 0 Å². The van der Waals surface area contributed by atoms with Crippen molar-refractivity contribution in [3.63, 3.8) is 0 Å². The molecule has 0 rings (SSSR count). The van der Waals surface area contributed by atoms with Crippen LogP contribution in [0.1, 0.15) is 64.7 Å². The molecule has 0 saturated heterocycles. The van der Waals surface area contributed by atoms with Crippen LogP contribution in [0, 0.1) is 0 Å². The minimum Gasteiger partial charge on any atom is -0.453 e. The summed E-state index contributed by atoms with van der Waals surface area (Å²) in [6, 6.07) is 0. The van der Waals surface area contributed by atoms with E-state index in [1.165, 1.54) is 39.2 Å². The van der Waals surface area contributed by atoms with Gasteiger partial charge in [-0.05, 0) is 19.8 Å². The first kappa shape index (κ1) is 16.9. The number of ether oxygens (including phenoxy) is 1. The third kappa shape index (κ3) is 13.0. The van der Waals surface area contributed by atoms with Crippen LogP contribution in [0.15, 0.2) is 0 Å². The summed E-state index contributed by atoms with van der Waals surface area (Å²) >= 11 is 0. The van der Waals surface area contributed by atoms with E-state index < -0.39 is 0 Å². The van der Waals surface area contributed by atoms with E-state index >= 15 is 0 Å². The van der Waals surface area contributed by atoms with Gasteiger partial charge in [0, 0.05) is 13.0 Å². The van der Waals surface area contributed by atoms with E-state index in [0.29, 0.717) is 12.3 Å². The predicted molar refractivity (Wildman–Crippen MR) is 72.6 cm³/mol. The van der Waals surface area contributed by atoms with E-state index in [0.717, 1.165) is 25.7 Å². The number of hydrogen-bond acceptors (Lipinski definition) is 3. The summed E-state index contributed by atoms with van der Waals surface area (Å²) in [5.74, 6) is 0.299. The molecule has 0 spiro atoms. The van der Waals surface area contributed by atoms with Crippen LogP contribution in [0.3, 0.4) is 0 Å². The normalized spacial score (nSPS) is 10.1. The van der Waals surface area contributed by atoms with Crippen molar-refractivity contribution in [1.82, 2.24) is 5.32 Å². The molecule has 1 amide bonds. The van der Waals surface area contributed by atoms with Gasteiger partial charge in [-0.1, -0.05) is 38.5 Å². The Kier molecular flexibility index (Phi) is 11.7. The fraction of sp³-hybridized carbons (Fsp3) is 0.857. The zero-order valence-corrected chi connectivity index (χ0v) is 11.8. The van der Waals surface area contributed by atoms with E-state index in [9.17, 15) is 9.59 Å². The standard InChI is InChI=1S/C14H27NO3/c1-13(16)11-9-7-5-3-4-6-8-10-12-15-14(17)18-2/h3-12H2,1-2H3,(H,15,17). The van der Waals surface area contributed by atoms with Gasteiger partial charge in [0.2, 0.25) is 0 Å². The van der Waals surface area contributed by atoms with Crippen molar-refractivity contribution in [2.75, 3.05) is 13.7 Å². The van der Waals surface area contributed by atoms with Gasteiger partial charge < -0.3 is 14.8 Å². The van der Waals surface area contributed by atoms with Crippen LogP contribution in [-0.4, -0.2) is 25.5 Å². The lowest BCUT2D eigenvalue weighted by atomic mass is 10.1. The molecule has 0 bridgehead atoms. The molecule has 0 aromatic carbocycles. The Bertz CT molecular complexity index is 229. The Morgan fingerprint density at radius 2 is 1.39 bits per heavy atom. The number of amides is 1.